The Morgan fingerprint density at radius 2 is 1.90 bits per heavy atom. The van der Waals surface area contributed by atoms with Crippen molar-refractivity contribution >= 4 is 16.7 Å². The van der Waals surface area contributed by atoms with E-state index >= 15 is 0 Å². The number of ether oxygens (including phenoxy) is 1. The van der Waals surface area contributed by atoms with E-state index in [0.717, 1.165) is 24.0 Å². The van der Waals surface area contributed by atoms with Gasteiger partial charge in [-0.15, -0.1) is 0 Å². The van der Waals surface area contributed by atoms with Gasteiger partial charge in [0.2, 0.25) is 5.91 Å². The summed E-state index contributed by atoms with van der Waals surface area (Å²) in [6.45, 7) is 0.678. The van der Waals surface area contributed by atoms with Crippen molar-refractivity contribution in [2.75, 3.05) is 14.2 Å². The summed E-state index contributed by atoms with van der Waals surface area (Å²) in [5.41, 5.74) is 1.17. The highest BCUT2D eigenvalue weighted by Gasteiger charge is 2.27. The summed E-state index contributed by atoms with van der Waals surface area (Å²) in [6.07, 6.45) is 3.31. The Balaban J connectivity index is 1.76. The number of rotatable bonds is 4. The number of hydrogen-bond donors (Lipinski definition) is 0. The quantitative estimate of drug-likeness (QED) is 0.858. The molecule has 110 valence electrons. The zero-order valence-electron chi connectivity index (χ0n) is 12.6. The molecular formula is C18H21NO2. The fraction of sp³-hybridized carbons (Fsp3) is 0.389. The van der Waals surface area contributed by atoms with Gasteiger partial charge >= 0.3 is 0 Å². The van der Waals surface area contributed by atoms with Gasteiger partial charge in [-0.2, -0.15) is 0 Å². The Morgan fingerprint density at radius 3 is 2.57 bits per heavy atom. The molecule has 2 aromatic rings. The van der Waals surface area contributed by atoms with Gasteiger partial charge in [0.05, 0.1) is 7.11 Å². The van der Waals surface area contributed by atoms with Crippen LogP contribution in [0.25, 0.3) is 10.8 Å². The third-order valence-electron chi connectivity index (χ3n) is 4.36. The highest BCUT2D eigenvalue weighted by atomic mass is 16.5. The average molecular weight is 283 g/mol. The Morgan fingerprint density at radius 1 is 1.19 bits per heavy atom. The summed E-state index contributed by atoms with van der Waals surface area (Å²) in [6, 6.07) is 12.4. The van der Waals surface area contributed by atoms with Gasteiger partial charge in [-0.3, -0.25) is 4.79 Å². The number of methoxy groups -OCH3 is 1. The topological polar surface area (TPSA) is 29.5 Å². The number of carbonyl (C=O) groups excluding carboxylic acids is 1. The number of carbonyl (C=O) groups is 1. The average Bonchev–Trinajstić information content (AvgIpc) is 2.44. The number of fused-ring (bicyclic) bond motifs is 1. The van der Waals surface area contributed by atoms with E-state index < -0.39 is 0 Å². The molecular weight excluding hydrogens is 262 g/mol. The van der Waals surface area contributed by atoms with E-state index in [1.807, 2.05) is 24.1 Å². The fourth-order valence-electron chi connectivity index (χ4n) is 2.82. The van der Waals surface area contributed by atoms with Crippen molar-refractivity contribution in [1.82, 2.24) is 4.90 Å². The van der Waals surface area contributed by atoms with Crippen molar-refractivity contribution < 1.29 is 9.53 Å². The minimum absolute atomic E-state index is 0.264. The van der Waals surface area contributed by atoms with Crippen LogP contribution in [0.5, 0.6) is 5.75 Å². The first-order valence-electron chi connectivity index (χ1n) is 7.49. The third-order valence-corrected chi connectivity index (χ3v) is 4.36. The van der Waals surface area contributed by atoms with Gasteiger partial charge in [0, 0.05) is 19.5 Å². The van der Waals surface area contributed by atoms with Crippen LogP contribution in [0.1, 0.15) is 24.8 Å². The van der Waals surface area contributed by atoms with Gasteiger partial charge in [0.15, 0.2) is 0 Å². The van der Waals surface area contributed by atoms with Crippen molar-refractivity contribution in [3.63, 3.8) is 0 Å². The first kappa shape index (κ1) is 13.9. The molecule has 2 aromatic carbocycles. The van der Waals surface area contributed by atoms with E-state index in [-0.39, 0.29) is 11.8 Å². The molecule has 1 aliphatic rings. The molecule has 3 nitrogen and oxygen atoms in total. The smallest absolute Gasteiger partial charge is 0.225 e. The monoisotopic (exact) mass is 283 g/mol. The van der Waals surface area contributed by atoms with Crippen molar-refractivity contribution in [1.29, 1.82) is 0 Å². The second kappa shape index (κ2) is 5.76. The fourth-order valence-corrected chi connectivity index (χ4v) is 2.82. The Hall–Kier alpha value is -2.03. The largest absolute Gasteiger partial charge is 0.497 e. The lowest BCUT2D eigenvalue weighted by Gasteiger charge is -2.29. The summed E-state index contributed by atoms with van der Waals surface area (Å²) in [7, 11) is 3.58. The molecule has 0 heterocycles. The van der Waals surface area contributed by atoms with Gasteiger partial charge < -0.3 is 9.64 Å². The highest BCUT2D eigenvalue weighted by molar-refractivity contribution is 5.85. The van der Waals surface area contributed by atoms with E-state index in [0.29, 0.717) is 6.54 Å². The molecule has 0 spiro atoms. The van der Waals surface area contributed by atoms with Crippen LogP contribution in [0.4, 0.5) is 0 Å². The van der Waals surface area contributed by atoms with Crippen LogP contribution in [0, 0.1) is 5.92 Å². The van der Waals surface area contributed by atoms with Crippen LogP contribution in [-0.2, 0) is 11.3 Å². The van der Waals surface area contributed by atoms with Crippen LogP contribution < -0.4 is 4.74 Å². The van der Waals surface area contributed by atoms with E-state index in [9.17, 15) is 4.79 Å². The number of hydrogen-bond acceptors (Lipinski definition) is 2. The van der Waals surface area contributed by atoms with E-state index in [4.69, 9.17) is 4.74 Å². The predicted molar refractivity (Wildman–Crippen MR) is 84.3 cm³/mol. The van der Waals surface area contributed by atoms with Gasteiger partial charge in [0.25, 0.3) is 0 Å². The lowest BCUT2D eigenvalue weighted by atomic mass is 9.84. The summed E-state index contributed by atoms with van der Waals surface area (Å²) < 4.78 is 5.24. The molecule has 1 amide bonds. The Labute approximate surface area is 125 Å². The molecule has 21 heavy (non-hydrogen) atoms. The second-order valence-electron chi connectivity index (χ2n) is 5.87. The molecule has 1 aliphatic carbocycles. The molecule has 0 aliphatic heterocycles. The van der Waals surface area contributed by atoms with Gasteiger partial charge in [-0.1, -0.05) is 24.6 Å². The molecule has 0 N–H and O–H groups in total. The lowest BCUT2D eigenvalue weighted by Crippen LogP contribution is -2.35. The van der Waals surface area contributed by atoms with Crippen LogP contribution in [0.3, 0.4) is 0 Å². The maximum atomic E-state index is 12.2. The van der Waals surface area contributed by atoms with Gasteiger partial charge in [-0.05, 0) is 47.4 Å². The zero-order valence-corrected chi connectivity index (χ0v) is 12.6. The molecule has 0 bridgehead atoms. The molecule has 1 fully saturated rings. The van der Waals surface area contributed by atoms with Crippen molar-refractivity contribution in [3.8, 4) is 5.75 Å². The maximum absolute atomic E-state index is 12.2. The number of benzene rings is 2. The lowest BCUT2D eigenvalue weighted by molar-refractivity contribution is -0.137. The normalized spacial score (nSPS) is 14.8. The molecule has 0 atom stereocenters. The van der Waals surface area contributed by atoms with Crippen LogP contribution in [0.15, 0.2) is 36.4 Å². The third kappa shape index (κ3) is 2.87. The predicted octanol–water partition coefficient (Wildman–Crippen LogP) is 3.61. The number of amides is 1. The number of nitrogens with zero attached hydrogens (tertiary/aromatic N) is 1. The van der Waals surface area contributed by atoms with Crippen LogP contribution in [0.2, 0.25) is 0 Å². The first-order valence-corrected chi connectivity index (χ1v) is 7.49. The summed E-state index contributed by atoms with van der Waals surface area (Å²) in [5.74, 6) is 1.42. The van der Waals surface area contributed by atoms with Crippen molar-refractivity contribution in [2.24, 2.45) is 5.92 Å². The van der Waals surface area contributed by atoms with Crippen LogP contribution >= 0.6 is 0 Å². The standard InChI is InChI=1S/C18H21NO2/c1-19(18(20)14-4-3-5-14)12-13-6-7-16-11-17(21-2)9-8-15(16)10-13/h6-11,14H,3-5,12H2,1-2H3. The van der Waals surface area contributed by atoms with E-state index in [1.54, 1.807) is 7.11 Å². The SMILES string of the molecule is COc1ccc2cc(CN(C)C(=O)C3CCC3)ccc2c1. The molecule has 0 saturated heterocycles. The van der Waals surface area contributed by atoms with Crippen molar-refractivity contribution in [2.45, 2.75) is 25.8 Å². The molecule has 1 saturated carbocycles. The van der Waals surface area contributed by atoms with Crippen LogP contribution in [-0.4, -0.2) is 25.0 Å². The minimum Gasteiger partial charge on any atom is -0.497 e. The summed E-state index contributed by atoms with van der Waals surface area (Å²) in [4.78, 5) is 14.0. The molecule has 0 aromatic heterocycles. The second-order valence-corrected chi connectivity index (χ2v) is 5.87. The zero-order chi connectivity index (χ0) is 14.8. The maximum Gasteiger partial charge on any atom is 0.225 e. The molecule has 3 rings (SSSR count). The molecule has 0 radical (unpaired) electrons. The van der Waals surface area contributed by atoms with Gasteiger partial charge in [-0.25, -0.2) is 0 Å². The summed E-state index contributed by atoms with van der Waals surface area (Å²) >= 11 is 0. The van der Waals surface area contributed by atoms with Crippen molar-refractivity contribution in [3.05, 3.63) is 42.0 Å². The summed E-state index contributed by atoms with van der Waals surface area (Å²) in [5, 5.41) is 2.34. The van der Waals surface area contributed by atoms with E-state index in [2.05, 4.69) is 24.3 Å². The molecule has 3 heteroatoms. The van der Waals surface area contributed by atoms with E-state index in [1.165, 1.54) is 17.4 Å². The highest BCUT2D eigenvalue weighted by Crippen LogP contribution is 2.28. The minimum atomic E-state index is 0.264. The first-order chi connectivity index (χ1) is 10.2. The molecule has 0 unspecified atom stereocenters. The Kier molecular flexibility index (Phi) is 3.82. The van der Waals surface area contributed by atoms with Gasteiger partial charge in [0.1, 0.15) is 5.75 Å². The Bertz CT molecular complexity index is 661.